The maximum Gasteiger partial charge on any atom is 0.358 e. The Kier molecular flexibility index (Phi) is 3.49. The van der Waals surface area contributed by atoms with Crippen LogP contribution in [0.2, 0.25) is 5.02 Å². The van der Waals surface area contributed by atoms with Gasteiger partial charge in [-0.1, -0.05) is 11.6 Å². The SMILES string of the molecule is COC(=O)c1nc(-c2cscc2C)nc(N)c1Cl. The van der Waals surface area contributed by atoms with Crippen LogP contribution in [0.5, 0.6) is 0 Å². The fourth-order valence-electron chi connectivity index (χ4n) is 1.41. The Morgan fingerprint density at radius 2 is 2.17 bits per heavy atom. The monoisotopic (exact) mass is 283 g/mol. The number of methoxy groups -OCH3 is 1. The molecule has 2 aromatic heterocycles. The average molecular weight is 284 g/mol. The van der Waals surface area contributed by atoms with Crippen molar-refractivity contribution in [2.45, 2.75) is 6.92 Å². The number of esters is 1. The highest BCUT2D eigenvalue weighted by atomic mass is 35.5. The topological polar surface area (TPSA) is 78.1 Å². The highest BCUT2D eigenvalue weighted by Gasteiger charge is 2.19. The summed E-state index contributed by atoms with van der Waals surface area (Å²) in [5.74, 6) is -0.202. The van der Waals surface area contributed by atoms with Crippen molar-refractivity contribution in [1.29, 1.82) is 0 Å². The van der Waals surface area contributed by atoms with Crippen LogP contribution >= 0.6 is 22.9 Å². The number of hydrogen-bond donors (Lipinski definition) is 1. The number of aryl methyl sites for hydroxylation is 1. The van der Waals surface area contributed by atoms with Gasteiger partial charge in [0.15, 0.2) is 11.5 Å². The number of thiophene rings is 1. The van der Waals surface area contributed by atoms with Gasteiger partial charge in [-0.05, 0) is 17.9 Å². The first-order valence-corrected chi connectivity index (χ1v) is 6.31. The van der Waals surface area contributed by atoms with Crippen molar-refractivity contribution in [2.24, 2.45) is 0 Å². The van der Waals surface area contributed by atoms with Crippen LogP contribution in [0, 0.1) is 6.92 Å². The van der Waals surface area contributed by atoms with E-state index >= 15 is 0 Å². The van der Waals surface area contributed by atoms with Gasteiger partial charge in [-0.3, -0.25) is 0 Å². The second-order valence-corrected chi connectivity index (χ2v) is 4.68. The van der Waals surface area contributed by atoms with Gasteiger partial charge in [-0.2, -0.15) is 11.3 Å². The molecule has 0 aliphatic rings. The lowest BCUT2D eigenvalue weighted by atomic mass is 10.2. The molecule has 0 aromatic carbocycles. The summed E-state index contributed by atoms with van der Waals surface area (Å²) in [6, 6.07) is 0. The first kappa shape index (κ1) is 12.8. The Bertz CT molecular complexity index is 612. The van der Waals surface area contributed by atoms with Gasteiger partial charge in [-0.25, -0.2) is 14.8 Å². The molecule has 2 aromatic rings. The third-order valence-electron chi connectivity index (χ3n) is 2.35. The Morgan fingerprint density at radius 3 is 2.72 bits per heavy atom. The molecule has 0 aliphatic carbocycles. The van der Waals surface area contributed by atoms with Crippen molar-refractivity contribution in [3.05, 3.63) is 27.0 Å². The predicted octanol–water partition coefficient (Wildman–Crippen LogP) is 2.54. The van der Waals surface area contributed by atoms with E-state index in [1.54, 1.807) is 0 Å². The molecule has 0 atom stereocenters. The molecule has 18 heavy (non-hydrogen) atoms. The van der Waals surface area contributed by atoms with Gasteiger partial charge >= 0.3 is 5.97 Å². The van der Waals surface area contributed by atoms with Crippen LogP contribution in [-0.4, -0.2) is 23.0 Å². The van der Waals surface area contributed by atoms with Gasteiger partial charge < -0.3 is 10.5 Å². The maximum atomic E-state index is 11.5. The molecule has 0 saturated heterocycles. The van der Waals surface area contributed by atoms with Gasteiger partial charge in [0.1, 0.15) is 10.8 Å². The minimum Gasteiger partial charge on any atom is -0.464 e. The molecule has 0 bridgehead atoms. The van der Waals surface area contributed by atoms with Crippen molar-refractivity contribution in [3.8, 4) is 11.4 Å². The van der Waals surface area contributed by atoms with E-state index in [9.17, 15) is 4.79 Å². The van der Waals surface area contributed by atoms with Gasteiger partial charge in [0, 0.05) is 10.9 Å². The molecule has 0 aliphatic heterocycles. The number of aromatic nitrogens is 2. The van der Waals surface area contributed by atoms with Crippen molar-refractivity contribution in [3.63, 3.8) is 0 Å². The smallest absolute Gasteiger partial charge is 0.358 e. The number of halogens is 1. The van der Waals surface area contributed by atoms with Crippen LogP contribution in [0.1, 0.15) is 16.1 Å². The molecular weight excluding hydrogens is 274 g/mol. The summed E-state index contributed by atoms with van der Waals surface area (Å²) in [7, 11) is 1.26. The number of rotatable bonds is 2. The molecule has 94 valence electrons. The minimum atomic E-state index is -0.636. The molecule has 0 fully saturated rings. The summed E-state index contributed by atoms with van der Waals surface area (Å²) in [5, 5.41) is 3.86. The van der Waals surface area contributed by atoms with Gasteiger partial charge in [0.2, 0.25) is 0 Å². The van der Waals surface area contributed by atoms with Crippen molar-refractivity contribution in [2.75, 3.05) is 12.8 Å². The van der Waals surface area contributed by atoms with E-state index < -0.39 is 5.97 Å². The molecule has 2 rings (SSSR count). The number of anilines is 1. The summed E-state index contributed by atoms with van der Waals surface area (Å²) in [6.07, 6.45) is 0. The van der Waals surface area contributed by atoms with E-state index in [1.807, 2.05) is 17.7 Å². The normalized spacial score (nSPS) is 10.4. The lowest BCUT2D eigenvalue weighted by molar-refractivity contribution is 0.0594. The van der Waals surface area contributed by atoms with E-state index in [0.717, 1.165) is 11.1 Å². The number of nitrogen functional groups attached to an aromatic ring is 1. The molecule has 0 spiro atoms. The fourth-order valence-corrected chi connectivity index (χ4v) is 2.39. The quantitative estimate of drug-likeness (QED) is 0.857. The molecule has 0 radical (unpaired) electrons. The van der Waals surface area contributed by atoms with Crippen molar-refractivity contribution < 1.29 is 9.53 Å². The first-order chi connectivity index (χ1) is 8.54. The summed E-state index contributed by atoms with van der Waals surface area (Å²) in [5.41, 5.74) is 7.50. The largest absolute Gasteiger partial charge is 0.464 e. The van der Waals surface area contributed by atoms with Crippen molar-refractivity contribution in [1.82, 2.24) is 9.97 Å². The maximum absolute atomic E-state index is 11.5. The number of ether oxygens (including phenoxy) is 1. The van der Waals surface area contributed by atoms with Crippen molar-refractivity contribution >= 4 is 34.7 Å². The third-order valence-corrected chi connectivity index (χ3v) is 3.59. The number of nitrogens with zero attached hydrogens (tertiary/aromatic N) is 2. The standard InChI is InChI=1S/C11H10ClN3O2S/c1-5-3-18-4-6(5)10-14-8(11(16)17-2)7(12)9(13)15-10/h3-4H,1-2H3,(H2,13,14,15). The zero-order chi connectivity index (χ0) is 13.3. The zero-order valence-corrected chi connectivity index (χ0v) is 11.3. The highest BCUT2D eigenvalue weighted by Crippen LogP contribution is 2.28. The second-order valence-electron chi connectivity index (χ2n) is 3.56. The average Bonchev–Trinajstić information content (AvgIpc) is 2.78. The number of hydrogen-bond acceptors (Lipinski definition) is 6. The minimum absolute atomic E-state index is 0.0125. The predicted molar refractivity (Wildman–Crippen MR) is 70.8 cm³/mol. The third kappa shape index (κ3) is 2.16. The Balaban J connectivity index is 2.61. The van der Waals surface area contributed by atoms with Gasteiger partial charge in [0.05, 0.1) is 7.11 Å². The van der Waals surface area contributed by atoms with Crippen LogP contribution in [-0.2, 0) is 4.74 Å². The van der Waals surface area contributed by atoms with E-state index in [4.69, 9.17) is 17.3 Å². The second kappa shape index (κ2) is 4.91. The Labute approximate surface area is 113 Å². The first-order valence-electron chi connectivity index (χ1n) is 4.99. The fraction of sp³-hybridized carbons (Fsp3) is 0.182. The number of carbonyl (C=O) groups excluding carboxylic acids is 1. The lowest BCUT2D eigenvalue weighted by Gasteiger charge is -2.06. The van der Waals surface area contributed by atoms with E-state index in [0.29, 0.717) is 5.82 Å². The highest BCUT2D eigenvalue weighted by molar-refractivity contribution is 7.08. The number of nitrogens with two attached hydrogens (primary N) is 1. The molecular formula is C11H10ClN3O2S. The van der Waals surface area contributed by atoms with Crippen LogP contribution in [0.25, 0.3) is 11.4 Å². The molecule has 0 unspecified atom stereocenters. The van der Waals surface area contributed by atoms with Crippen LogP contribution < -0.4 is 5.73 Å². The molecule has 2 N–H and O–H groups in total. The van der Waals surface area contributed by atoms with Gasteiger partial charge in [0.25, 0.3) is 0 Å². The number of carbonyl (C=O) groups is 1. The molecule has 2 heterocycles. The molecule has 7 heteroatoms. The Morgan fingerprint density at radius 1 is 1.44 bits per heavy atom. The van der Waals surface area contributed by atoms with Crippen LogP contribution in [0.15, 0.2) is 10.8 Å². The van der Waals surface area contributed by atoms with Crippen LogP contribution in [0.3, 0.4) is 0 Å². The molecule has 0 amide bonds. The van der Waals surface area contributed by atoms with Gasteiger partial charge in [-0.15, -0.1) is 0 Å². The Hall–Kier alpha value is -1.66. The molecule has 5 nitrogen and oxygen atoms in total. The van der Waals surface area contributed by atoms with E-state index in [2.05, 4.69) is 14.7 Å². The zero-order valence-electron chi connectivity index (χ0n) is 9.73. The molecule has 0 saturated carbocycles. The van der Waals surface area contributed by atoms with E-state index in [-0.39, 0.29) is 16.5 Å². The summed E-state index contributed by atoms with van der Waals surface area (Å²) in [4.78, 5) is 19.7. The van der Waals surface area contributed by atoms with E-state index in [1.165, 1.54) is 18.4 Å². The lowest BCUT2D eigenvalue weighted by Crippen LogP contribution is -2.10. The summed E-state index contributed by atoms with van der Waals surface area (Å²) < 4.78 is 4.61. The summed E-state index contributed by atoms with van der Waals surface area (Å²) >= 11 is 7.41. The van der Waals surface area contributed by atoms with Crippen LogP contribution in [0.4, 0.5) is 5.82 Å². The summed E-state index contributed by atoms with van der Waals surface area (Å²) in [6.45, 7) is 1.93.